The highest BCUT2D eigenvalue weighted by Gasteiger charge is 2.08. The smallest absolute Gasteiger partial charge is 0.251 e. The number of carbonyl (C=O) groups is 1. The zero-order valence-electron chi connectivity index (χ0n) is 13.9. The summed E-state index contributed by atoms with van der Waals surface area (Å²) in [6.07, 6.45) is 4.90. The molecule has 0 fully saturated rings. The number of carbonyl (C=O) groups excluding carboxylic acids is 1. The largest absolute Gasteiger partial charge is 0.496 e. The van der Waals surface area contributed by atoms with Gasteiger partial charge in [-0.05, 0) is 41.5 Å². The molecule has 3 aromatic rings. The minimum absolute atomic E-state index is 0.370. The van der Waals surface area contributed by atoms with Crippen molar-refractivity contribution < 1.29 is 13.9 Å². The first-order chi connectivity index (χ1) is 12.2. The van der Waals surface area contributed by atoms with Gasteiger partial charge in [-0.2, -0.15) is 0 Å². The fourth-order valence-electron chi connectivity index (χ4n) is 2.56. The maximum absolute atomic E-state index is 11.1. The Kier molecular flexibility index (Phi) is 5.11. The zero-order valence-corrected chi connectivity index (χ0v) is 13.9. The standard InChI is InChI=1S/C19H19N3O3/c1-24-18-3-2-14(13-4-6-21-7-5-13)8-15(18)10-22-11-17-9-16(12-25-17)19(20)23/h2-9,12,22H,10-11H2,1H3,(H2,20,23). The van der Waals surface area contributed by atoms with Crippen LogP contribution in [0.1, 0.15) is 21.7 Å². The van der Waals surface area contributed by atoms with Crippen LogP contribution in [0.3, 0.4) is 0 Å². The Bertz CT molecular complexity index is 859. The number of aromatic nitrogens is 1. The van der Waals surface area contributed by atoms with Crippen molar-refractivity contribution in [2.75, 3.05) is 7.11 Å². The number of benzene rings is 1. The van der Waals surface area contributed by atoms with Crippen molar-refractivity contribution in [2.45, 2.75) is 13.1 Å². The van der Waals surface area contributed by atoms with Crippen molar-refractivity contribution in [2.24, 2.45) is 5.73 Å². The molecule has 1 amide bonds. The Morgan fingerprint density at radius 1 is 1.16 bits per heavy atom. The van der Waals surface area contributed by atoms with Crippen LogP contribution in [0.25, 0.3) is 11.1 Å². The van der Waals surface area contributed by atoms with E-state index in [0.717, 1.165) is 22.4 Å². The molecule has 0 unspecified atom stereocenters. The highest BCUT2D eigenvalue weighted by molar-refractivity contribution is 5.92. The van der Waals surface area contributed by atoms with E-state index in [1.807, 2.05) is 24.3 Å². The number of nitrogens with zero attached hydrogens (tertiary/aromatic N) is 1. The Morgan fingerprint density at radius 2 is 1.96 bits per heavy atom. The lowest BCUT2D eigenvalue weighted by Crippen LogP contribution is -2.13. The molecule has 0 saturated carbocycles. The van der Waals surface area contributed by atoms with Crippen molar-refractivity contribution in [3.63, 3.8) is 0 Å². The van der Waals surface area contributed by atoms with Crippen LogP contribution in [-0.2, 0) is 13.1 Å². The number of nitrogens with one attached hydrogen (secondary N) is 1. The molecule has 3 N–H and O–H groups in total. The van der Waals surface area contributed by atoms with Gasteiger partial charge in [0.2, 0.25) is 0 Å². The van der Waals surface area contributed by atoms with Crippen molar-refractivity contribution in [3.05, 3.63) is 71.9 Å². The minimum atomic E-state index is -0.498. The number of nitrogens with two attached hydrogens (primary N) is 1. The lowest BCUT2D eigenvalue weighted by atomic mass is 10.0. The molecule has 0 bridgehead atoms. The summed E-state index contributed by atoms with van der Waals surface area (Å²) in [5.41, 5.74) is 8.80. The fraction of sp³-hybridized carbons (Fsp3) is 0.158. The second kappa shape index (κ2) is 7.63. The van der Waals surface area contributed by atoms with Gasteiger partial charge in [-0.25, -0.2) is 0 Å². The molecule has 0 aliphatic rings. The average molecular weight is 337 g/mol. The number of pyridine rings is 1. The summed E-state index contributed by atoms with van der Waals surface area (Å²) in [4.78, 5) is 15.1. The summed E-state index contributed by atoms with van der Waals surface area (Å²) in [5, 5.41) is 3.29. The van der Waals surface area contributed by atoms with Crippen LogP contribution in [0.15, 0.2) is 59.5 Å². The summed E-state index contributed by atoms with van der Waals surface area (Å²) in [6, 6.07) is 11.6. The summed E-state index contributed by atoms with van der Waals surface area (Å²) in [7, 11) is 1.65. The molecular formula is C19H19N3O3. The van der Waals surface area contributed by atoms with Crippen LogP contribution in [-0.4, -0.2) is 18.0 Å². The summed E-state index contributed by atoms with van der Waals surface area (Å²) >= 11 is 0. The Morgan fingerprint density at radius 3 is 2.64 bits per heavy atom. The first-order valence-corrected chi connectivity index (χ1v) is 7.82. The van der Waals surface area contributed by atoms with Crippen LogP contribution in [0.2, 0.25) is 0 Å². The maximum atomic E-state index is 11.1. The predicted octanol–water partition coefficient (Wildman–Crippen LogP) is 2.74. The van der Waals surface area contributed by atoms with E-state index in [2.05, 4.69) is 16.4 Å². The highest BCUT2D eigenvalue weighted by Crippen LogP contribution is 2.26. The monoisotopic (exact) mass is 337 g/mol. The number of hydrogen-bond acceptors (Lipinski definition) is 5. The third-order valence-corrected chi connectivity index (χ3v) is 3.85. The molecule has 1 aromatic carbocycles. The Hall–Kier alpha value is -3.12. The molecule has 6 heteroatoms. The number of amides is 1. The van der Waals surface area contributed by atoms with E-state index in [-0.39, 0.29) is 0 Å². The van der Waals surface area contributed by atoms with Crippen molar-refractivity contribution in [1.82, 2.24) is 10.3 Å². The van der Waals surface area contributed by atoms with Gasteiger partial charge >= 0.3 is 0 Å². The van der Waals surface area contributed by atoms with Crippen LogP contribution in [0, 0.1) is 0 Å². The maximum Gasteiger partial charge on any atom is 0.251 e. The molecule has 0 saturated heterocycles. The lowest BCUT2D eigenvalue weighted by Gasteiger charge is -2.11. The van der Waals surface area contributed by atoms with Gasteiger partial charge in [0.25, 0.3) is 5.91 Å². The first-order valence-electron chi connectivity index (χ1n) is 7.82. The van der Waals surface area contributed by atoms with Gasteiger partial charge in [-0.1, -0.05) is 6.07 Å². The van der Waals surface area contributed by atoms with Crippen LogP contribution >= 0.6 is 0 Å². The quantitative estimate of drug-likeness (QED) is 0.692. The number of primary amides is 1. The molecule has 0 radical (unpaired) electrons. The van der Waals surface area contributed by atoms with Crippen LogP contribution in [0.5, 0.6) is 5.75 Å². The number of ether oxygens (including phenoxy) is 1. The van der Waals surface area contributed by atoms with E-state index in [1.165, 1.54) is 6.26 Å². The summed E-state index contributed by atoms with van der Waals surface area (Å²) in [6.45, 7) is 1.07. The molecule has 0 aliphatic heterocycles. The van der Waals surface area contributed by atoms with Crippen molar-refractivity contribution in [3.8, 4) is 16.9 Å². The normalized spacial score (nSPS) is 10.6. The summed E-state index contributed by atoms with van der Waals surface area (Å²) in [5.74, 6) is 0.961. The van der Waals surface area contributed by atoms with Gasteiger partial charge in [0.1, 0.15) is 17.8 Å². The fourth-order valence-corrected chi connectivity index (χ4v) is 2.56. The van der Waals surface area contributed by atoms with Gasteiger partial charge in [-0.15, -0.1) is 0 Å². The van der Waals surface area contributed by atoms with E-state index in [9.17, 15) is 4.79 Å². The van der Waals surface area contributed by atoms with E-state index in [4.69, 9.17) is 14.9 Å². The van der Waals surface area contributed by atoms with Gasteiger partial charge in [0.05, 0.1) is 19.2 Å². The predicted molar refractivity (Wildman–Crippen MR) is 94.0 cm³/mol. The van der Waals surface area contributed by atoms with E-state index >= 15 is 0 Å². The van der Waals surface area contributed by atoms with Crippen LogP contribution in [0.4, 0.5) is 0 Å². The van der Waals surface area contributed by atoms with E-state index < -0.39 is 5.91 Å². The zero-order chi connectivity index (χ0) is 17.6. The van der Waals surface area contributed by atoms with Crippen LogP contribution < -0.4 is 15.8 Å². The summed E-state index contributed by atoms with van der Waals surface area (Å²) < 4.78 is 10.7. The Balaban J connectivity index is 1.71. The van der Waals surface area contributed by atoms with Gasteiger partial charge in [0, 0.05) is 24.5 Å². The second-order valence-electron chi connectivity index (χ2n) is 5.53. The SMILES string of the molecule is COc1ccc(-c2ccncc2)cc1CNCc1cc(C(N)=O)co1. The third-order valence-electron chi connectivity index (χ3n) is 3.85. The van der Waals surface area contributed by atoms with Gasteiger partial charge in [-0.3, -0.25) is 9.78 Å². The molecule has 0 spiro atoms. The van der Waals surface area contributed by atoms with Crippen molar-refractivity contribution in [1.29, 1.82) is 0 Å². The molecule has 128 valence electrons. The van der Waals surface area contributed by atoms with Gasteiger partial charge < -0.3 is 20.2 Å². The average Bonchev–Trinajstić information content (AvgIpc) is 3.12. The molecule has 2 heterocycles. The molecular weight excluding hydrogens is 318 g/mol. The second-order valence-corrected chi connectivity index (χ2v) is 5.53. The molecule has 0 aliphatic carbocycles. The van der Waals surface area contributed by atoms with Gasteiger partial charge in [0.15, 0.2) is 0 Å². The highest BCUT2D eigenvalue weighted by atomic mass is 16.5. The number of rotatable bonds is 7. The third kappa shape index (κ3) is 4.05. The molecule has 0 atom stereocenters. The minimum Gasteiger partial charge on any atom is -0.496 e. The molecule has 2 aromatic heterocycles. The van der Waals surface area contributed by atoms with E-state index in [0.29, 0.717) is 24.4 Å². The number of furan rings is 1. The first kappa shape index (κ1) is 16.7. The number of hydrogen-bond donors (Lipinski definition) is 2. The topological polar surface area (TPSA) is 90.4 Å². The Labute approximate surface area is 145 Å². The lowest BCUT2D eigenvalue weighted by molar-refractivity contribution is 0.0999. The van der Waals surface area contributed by atoms with Crippen molar-refractivity contribution >= 4 is 5.91 Å². The van der Waals surface area contributed by atoms with E-state index in [1.54, 1.807) is 25.6 Å². The molecule has 6 nitrogen and oxygen atoms in total. The molecule has 25 heavy (non-hydrogen) atoms. The number of methoxy groups -OCH3 is 1. The molecule has 3 rings (SSSR count).